The molecule has 2 aliphatic heterocycles. The molecule has 1 spiro atoms. The van der Waals surface area contributed by atoms with Crippen molar-refractivity contribution in [2.75, 3.05) is 31.6 Å². The van der Waals surface area contributed by atoms with Gasteiger partial charge in [0, 0.05) is 31.1 Å². The molecule has 2 aromatic carbocycles. The first-order valence-electron chi connectivity index (χ1n) is 13.5. The van der Waals surface area contributed by atoms with Crippen LogP contribution in [0.1, 0.15) is 42.7 Å². The number of anilines is 1. The minimum Gasteiger partial charge on any atom is -0.381 e. The fourth-order valence-electron chi connectivity index (χ4n) is 7.24. The number of nitrogens with zero attached hydrogens (tertiary/aromatic N) is 2. The van der Waals surface area contributed by atoms with E-state index in [2.05, 4.69) is 44.5 Å². The van der Waals surface area contributed by atoms with Crippen LogP contribution in [0, 0.1) is 17.8 Å². The molecule has 2 unspecified atom stereocenters. The van der Waals surface area contributed by atoms with Crippen LogP contribution in [0.25, 0.3) is 11.3 Å². The number of piperidine rings is 1. The van der Waals surface area contributed by atoms with Gasteiger partial charge in [-0.05, 0) is 71.3 Å². The van der Waals surface area contributed by atoms with Gasteiger partial charge < -0.3 is 19.9 Å². The van der Waals surface area contributed by atoms with E-state index in [9.17, 15) is 9.59 Å². The first kappa shape index (κ1) is 22.7. The Balaban J connectivity index is 1.01. The highest BCUT2D eigenvalue weighted by Crippen LogP contribution is 2.55. The number of fused-ring (bicyclic) bond motifs is 3. The lowest BCUT2D eigenvalue weighted by Crippen LogP contribution is -2.45. The number of benzene rings is 2. The number of H-pyrrole nitrogens is 1. The van der Waals surface area contributed by atoms with Gasteiger partial charge in [0.1, 0.15) is 0 Å². The van der Waals surface area contributed by atoms with Crippen molar-refractivity contribution in [3.8, 4) is 11.3 Å². The third kappa shape index (κ3) is 3.96. The summed E-state index contributed by atoms with van der Waals surface area (Å²) in [5.41, 5.74) is 5.54. The molecular formula is C30H32N4O3. The second-order valence-electron chi connectivity index (χ2n) is 11.3. The van der Waals surface area contributed by atoms with Gasteiger partial charge in [-0.25, -0.2) is 4.98 Å². The number of aromatic amines is 1. The maximum atomic E-state index is 13.1. The number of ether oxygens (including phenoxy) is 1. The van der Waals surface area contributed by atoms with Gasteiger partial charge >= 0.3 is 0 Å². The largest absolute Gasteiger partial charge is 0.381 e. The van der Waals surface area contributed by atoms with Crippen molar-refractivity contribution >= 4 is 17.5 Å². The molecule has 4 aliphatic rings. The molecule has 2 saturated heterocycles. The minimum absolute atomic E-state index is 0.0428. The molecule has 3 aromatic rings. The topological polar surface area (TPSA) is 87.3 Å². The van der Waals surface area contributed by atoms with E-state index in [0.717, 1.165) is 62.5 Å². The van der Waals surface area contributed by atoms with E-state index in [4.69, 9.17) is 4.74 Å². The highest BCUT2D eigenvalue weighted by atomic mass is 16.5. The smallest absolute Gasteiger partial charge is 0.226 e. The van der Waals surface area contributed by atoms with E-state index in [1.165, 1.54) is 11.1 Å². The second kappa shape index (κ2) is 8.84. The van der Waals surface area contributed by atoms with E-state index in [1.807, 2.05) is 24.3 Å². The highest BCUT2D eigenvalue weighted by Gasteiger charge is 2.59. The van der Waals surface area contributed by atoms with Crippen LogP contribution in [0.15, 0.2) is 61.1 Å². The first-order valence-corrected chi connectivity index (χ1v) is 13.5. The average molecular weight is 497 g/mol. The fraction of sp³-hybridized carbons (Fsp3) is 0.433. The molecule has 1 aromatic heterocycles. The summed E-state index contributed by atoms with van der Waals surface area (Å²) in [7, 11) is 0. The molecule has 3 fully saturated rings. The van der Waals surface area contributed by atoms with E-state index in [0.29, 0.717) is 24.2 Å². The second-order valence-corrected chi connectivity index (χ2v) is 11.3. The molecule has 0 bridgehead atoms. The molecule has 3 heterocycles. The predicted octanol–water partition coefficient (Wildman–Crippen LogP) is 4.35. The van der Waals surface area contributed by atoms with Crippen molar-refractivity contribution in [1.82, 2.24) is 14.9 Å². The van der Waals surface area contributed by atoms with Crippen molar-refractivity contribution in [2.24, 2.45) is 17.8 Å². The summed E-state index contributed by atoms with van der Waals surface area (Å²) in [6.45, 7) is 3.13. The highest BCUT2D eigenvalue weighted by molar-refractivity contribution is 5.91. The Morgan fingerprint density at radius 1 is 1.05 bits per heavy atom. The van der Waals surface area contributed by atoms with E-state index in [1.54, 1.807) is 12.5 Å². The van der Waals surface area contributed by atoms with E-state index in [-0.39, 0.29) is 23.2 Å². The SMILES string of the molecule is O=C(CC1CC2(CCN(C(=O)C3[C@H]4COC[C@@H]34)CC2)c2ccccc21)Nc1ccc(-c2cnc[nH]2)cc1. The van der Waals surface area contributed by atoms with Gasteiger partial charge in [-0.1, -0.05) is 36.4 Å². The Morgan fingerprint density at radius 3 is 2.54 bits per heavy atom. The predicted molar refractivity (Wildman–Crippen MR) is 140 cm³/mol. The summed E-state index contributed by atoms with van der Waals surface area (Å²) in [4.78, 5) is 35.5. The molecule has 37 heavy (non-hydrogen) atoms. The van der Waals surface area contributed by atoms with Crippen LogP contribution in [-0.2, 0) is 19.7 Å². The number of hydrogen-bond acceptors (Lipinski definition) is 4. The van der Waals surface area contributed by atoms with Crippen LogP contribution in [0.2, 0.25) is 0 Å². The summed E-state index contributed by atoms with van der Waals surface area (Å²) in [6.07, 6.45) is 6.83. The Morgan fingerprint density at radius 2 is 1.81 bits per heavy atom. The Labute approximate surface area is 216 Å². The lowest BCUT2D eigenvalue weighted by atomic mass is 9.73. The van der Waals surface area contributed by atoms with E-state index < -0.39 is 0 Å². The van der Waals surface area contributed by atoms with Crippen molar-refractivity contribution in [2.45, 2.75) is 37.0 Å². The summed E-state index contributed by atoms with van der Waals surface area (Å²) in [6, 6.07) is 16.5. The number of amides is 2. The molecule has 0 radical (unpaired) electrons. The number of hydrogen-bond donors (Lipinski definition) is 2. The van der Waals surface area contributed by atoms with Gasteiger partial charge in [-0.2, -0.15) is 0 Å². The molecule has 1 saturated carbocycles. The lowest BCUT2D eigenvalue weighted by molar-refractivity contribution is -0.135. The molecule has 2 aliphatic carbocycles. The molecule has 2 amide bonds. The van der Waals surface area contributed by atoms with Crippen LogP contribution >= 0.6 is 0 Å². The van der Waals surface area contributed by atoms with Crippen molar-refractivity contribution in [1.29, 1.82) is 0 Å². The molecule has 7 rings (SSSR count). The maximum absolute atomic E-state index is 13.1. The Hall–Kier alpha value is -3.45. The van der Waals surface area contributed by atoms with Crippen LogP contribution < -0.4 is 5.32 Å². The average Bonchev–Trinajstić information content (AvgIpc) is 3.35. The number of imidazole rings is 1. The molecular weight excluding hydrogens is 464 g/mol. The molecule has 7 nitrogen and oxygen atoms in total. The minimum atomic E-state index is 0.0428. The molecule has 190 valence electrons. The van der Waals surface area contributed by atoms with Crippen LogP contribution in [-0.4, -0.2) is 53.0 Å². The number of carbonyl (C=O) groups excluding carboxylic acids is 2. The van der Waals surface area contributed by atoms with Crippen LogP contribution in [0.5, 0.6) is 0 Å². The van der Waals surface area contributed by atoms with Crippen molar-refractivity contribution in [3.05, 3.63) is 72.2 Å². The lowest BCUT2D eigenvalue weighted by Gasteiger charge is -2.40. The van der Waals surface area contributed by atoms with Gasteiger partial charge in [0.15, 0.2) is 0 Å². The number of aromatic nitrogens is 2. The first-order chi connectivity index (χ1) is 18.1. The Bertz CT molecular complexity index is 1300. The van der Waals surface area contributed by atoms with Crippen molar-refractivity contribution < 1.29 is 14.3 Å². The van der Waals surface area contributed by atoms with Crippen LogP contribution in [0.3, 0.4) is 0 Å². The summed E-state index contributed by atoms with van der Waals surface area (Å²) >= 11 is 0. The van der Waals surface area contributed by atoms with Crippen LogP contribution in [0.4, 0.5) is 5.69 Å². The zero-order valence-corrected chi connectivity index (χ0v) is 20.9. The molecule has 4 atom stereocenters. The quantitative estimate of drug-likeness (QED) is 0.550. The number of nitrogens with one attached hydrogen (secondary N) is 2. The summed E-state index contributed by atoms with van der Waals surface area (Å²) < 4.78 is 5.48. The van der Waals surface area contributed by atoms with Gasteiger partial charge in [-0.3, -0.25) is 9.59 Å². The molecule has 7 heteroatoms. The monoisotopic (exact) mass is 496 g/mol. The normalized spacial score (nSPS) is 27.1. The van der Waals surface area contributed by atoms with Gasteiger partial charge in [0.25, 0.3) is 0 Å². The van der Waals surface area contributed by atoms with Gasteiger partial charge in [0.05, 0.1) is 31.4 Å². The zero-order valence-electron chi connectivity index (χ0n) is 20.9. The fourth-order valence-corrected chi connectivity index (χ4v) is 7.24. The third-order valence-electron chi connectivity index (χ3n) is 9.29. The Kier molecular flexibility index (Phi) is 5.43. The number of carbonyl (C=O) groups is 2. The zero-order chi connectivity index (χ0) is 25.0. The number of likely N-dealkylation sites (tertiary alicyclic amines) is 1. The van der Waals surface area contributed by atoms with Gasteiger partial charge in [0.2, 0.25) is 11.8 Å². The third-order valence-corrected chi connectivity index (χ3v) is 9.29. The summed E-state index contributed by atoms with van der Waals surface area (Å²) in [5, 5.41) is 3.10. The number of rotatable bonds is 5. The van der Waals surface area contributed by atoms with Crippen molar-refractivity contribution in [3.63, 3.8) is 0 Å². The standard InChI is InChI=1S/C30H32N4O3/c35-27(33-21-7-5-19(6-8-21)26-15-31-18-32-26)13-20-14-30(25-4-2-1-3-22(20)25)9-11-34(12-10-30)29(36)28-23-16-37-17-24(23)28/h1-8,15,18,20,23-24,28H,9-14,16-17H2,(H,31,32)(H,33,35)/t20?,23-,24+,28?. The maximum Gasteiger partial charge on any atom is 0.226 e. The van der Waals surface area contributed by atoms with E-state index >= 15 is 0 Å². The summed E-state index contributed by atoms with van der Waals surface area (Å²) in [5.74, 6) is 1.70. The van der Waals surface area contributed by atoms with Gasteiger partial charge in [-0.15, -0.1) is 0 Å². The molecule has 2 N–H and O–H groups in total.